The maximum atomic E-state index is 12.2. The molecule has 1 heterocycles. The van der Waals surface area contributed by atoms with Crippen LogP contribution in [0.4, 0.5) is 5.69 Å². The number of carbonyl (C=O) groups is 2. The molecule has 1 atom stereocenters. The summed E-state index contributed by atoms with van der Waals surface area (Å²) >= 11 is 0. The van der Waals surface area contributed by atoms with Gasteiger partial charge in [0.1, 0.15) is 17.6 Å². The number of rotatable bonds is 11. The molecule has 0 radical (unpaired) electrons. The Bertz CT molecular complexity index is 1250. The summed E-state index contributed by atoms with van der Waals surface area (Å²) in [5, 5.41) is 3.02. The number of ketones is 1. The molecule has 1 aliphatic rings. The molecular weight excluding hydrogens is 488 g/mol. The number of nitrogens with zero attached hydrogens (tertiary/aromatic N) is 1. The molecule has 1 unspecified atom stereocenters. The van der Waals surface area contributed by atoms with Crippen molar-refractivity contribution in [2.75, 3.05) is 32.1 Å². The predicted molar refractivity (Wildman–Crippen MR) is 156 cm³/mol. The quantitative estimate of drug-likeness (QED) is 0.275. The van der Waals surface area contributed by atoms with Gasteiger partial charge in [-0.05, 0) is 86.3 Å². The molecular formula is C33H40N2O4. The molecule has 3 aromatic carbocycles. The lowest BCUT2D eigenvalue weighted by Gasteiger charge is -2.33. The Labute approximate surface area is 232 Å². The van der Waals surface area contributed by atoms with E-state index >= 15 is 0 Å². The van der Waals surface area contributed by atoms with Gasteiger partial charge in [-0.2, -0.15) is 0 Å². The maximum Gasteiger partial charge on any atom is 0.226 e. The van der Waals surface area contributed by atoms with Crippen LogP contribution in [0.3, 0.4) is 0 Å². The van der Waals surface area contributed by atoms with Crippen molar-refractivity contribution in [1.29, 1.82) is 0 Å². The smallest absolute Gasteiger partial charge is 0.226 e. The van der Waals surface area contributed by atoms with Crippen LogP contribution in [0.15, 0.2) is 72.8 Å². The zero-order chi connectivity index (χ0) is 27.8. The minimum absolute atomic E-state index is 0.00556. The number of para-hydroxylation sites is 1. The van der Waals surface area contributed by atoms with Crippen LogP contribution in [0, 0.1) is 5.92 Å². The second-order valence-electron chi connectivity index (χ2n) is 10.6. The Morgan fingerprint density at radius 1 is 0.974 bits per heavy atom. The first-order valence-corrected chi connectivity index (χ1v) is 13.9. The topological polar surface area (TPSA) is 67.9 Å². The van der Waals surface area contributed by atoms with Crippen LogP contribution in [-0.2, 0) is 4.79 Å². The highest BCUT2D eigenvalue weighted by Crippen LogP contribution is 2.32. The molecule has 1 aliphatic heterocycles. The first kappa shape index (κ1) is 28.4. The molecule has 1 amide bonds. The van der Waals surface area contributed by atoms with E-state index in [0.717, 1.165) is 55.9 Å². The van der Waals surface area contributed by atoms with Crippen LogP contribution in [0.1, 0.15) is 73.5 Å². The fraction of sp³-hybridized carbons (Fsp3) is 0.394. The molecule has 4 rings (SSSR count). The Kier molecular flexibility index (Phi) is 9.77. The normalized spacial score (nSPS) is 15.1. The van der Waals surface area contributed by atoms with Gasteiger partial charge in [0.15, 0.2) is 5.78 Å². The van der Waals surface area contributed by atoms with Crippen LogP contribution in [-0.4, -0.2) is 43.3 Å². The van der Waals surface area contributed by atoms with Gasteiger partial charge in [0.05, 0.1) is 12.7 Å². The third kappa shape index (κ3) is 7.70. The number of hydrogen-bond acceptors (Lipinski definition) is 5. The van der Waals surface area contributed by atoms with Crippen LogP contribution >= 0.6 is 0 Å². The van der Waals surface area contributed by atoms with E-state index in [1.807, 2.05) is 74.5 Å². The van der Waals surface area contributed by atoms with E-state index in [1.54, 1.807) is 14.0 Å². The lowest BCUT2D eigenvalue weighted by molar-refractivity contribution is -0.118. The number of likely N-dealkylation sites (tertiary alicyclic amines) is 1. The number of hydrogen-bond donors (Lipinski definition) is 1. The summed E-state index contributed by atoms with van der Waals surface area (Å²) in [7, 11) is 1.66. The van der Waals surface area contributed by atoms with Crippen molar-refractivity contribution in [2.45, 2.75) is 52.1 Å². The number of Topliss-reactive ketones (excluding diaryl/α,β-unsaturated/α-hetero) is 1. The third-order valence-corrected chi connectivity index (χ3v) is 7.47. The summed E-state index contributed by atoms with van der Waals surface area (Å²) in [6.45, 7) is 8.29. The van der Waals surface area contributed by atoms with Crippen molar-refractivity contribution in [2.24, 2.45) is 5.92 Å². The van der Waals surface area contributed by atoms with E-state index in [2.05, 4.69) is 22.3 Å². The van der Waals surface area contributed by atoms with Gasteiger partial charge in [-0.3, -0.25) is 9.59 Å². The van der Waals surface area contributed by atoms with Crippen molar-refractivity contribution < 1.29 is 19.1 Å². The number of methoxy groups -OCH3 is 1. The van der Waals surface area contributed by atoms with Gasteiger partial charge in [0.25, 0.3) is 0 Å². The highest BCUT2D eigenvalue weighted by molar-refractivity contribution is 5.96. The molecule has 0 saturated carbocycles. The number of anilines is 1. The first-order chi connectivity index (χ1) is 18.8. The van der Waals surface area contributed by atoms with Crippen LogP contribution in [0.25, 0.3) is 0 Å². The molecule has 39 heavy (non-hydrogen) atoms. The predicted octanol–water partition coefficient (Wildman–Crippen LogP) is 6.88. The number of ether oxygens (including phenoxy) is 2. The summed E-state index contributed by atoms with van der Waals surface area (Å²) < 4.78 is 11.8. The van der Waals surface area contributed by atoms with Crippen molar-refractivity contribution in [1.82, 2.24) is 4.90 Å². The number of nitrogens with one attached hydrogen (secondary N) is 1. The van der Waals surface area contributed by atoms with E-state index < -0.39 is 0 Å². The van der Waals surface area contributed by atoms with Crippen LogP contribution in [0.5, 0.6) is 11.5 Å². The minimum Gasteiger partial charge on any atom is -0.497 e. The minimum atomic E-state index is -0.185. The number of benzene rings is 3. The molecule has 206 valence electrons. The molecule has 0 aliphatic carbocycles. The Balaban J connectivity index is 1.39. The van der Waals surface area contributed by atoms with Gasteiger partial charge in [-0.1, -0.05) is 50.2 Å². The van der Waals surface area contributed by atoms with Gasteiger partial charge < -0.3 is 19.7 Å². The Hall–Kier alpha value is -3.64. The number of amides is 1. The highest BCUT2D eigenvalue weighted by Gasteiger charge is 2.23. The average molecular weight is 529 g/mol. The third-order valence-electron chi connectivity index (χ3n) is 7.47. The molecule has 0 spiro atoms. The Morgan fingerprint density at radius 3 is 2.36 bits per heavy atom. The molecule has 6 nitrogen and oxygen atoms in total. The standard InChI is InChI=1S/C33H40N2O4/c1-23(2)33(37)34-28-9-7-8-27(22-28)25-16-19-35(20-17-25)21-18-31(26-12-14-29(38-4)15-13-26)39-32-11-6-5-10-30(32)24(3)36/h5-15,22-23,25,31H,16-21H2,1-4H3,(H,34,37). The summed E-state index contributed by atoms with van der Waals surface area (Å²) in [6, 6.07) is 23.7. The zero-order valence-corrected chi connectivity index (χ0v) is 23.5. The SMILES string of the molecule is COc1ccc(C(CCN2CCC(c3cccc(NC(=O)C(C)C)c3)CC2)Oc2ccccc2C(C)=O)cc1. The molecule has 1 fully saturated rings. The fourth-order valence-corrected chi connectivity index (χ4v) is 5.07. The summed E-state index contributed by atoms with van der Waals surface area (Å²) in [4.78, 5) is 26.8. The van der Waals surface area contributed by atoms with Crippen LogP contribution in [0.2, 0.25) is 0 Å². The van der Waals surface area contributed by atoms with Crippen LogP contribution < -0.4 is 14.8 Å². The van der Waals surface area contributed by atoms with E-state index in [-0.39, 0.29) is 23.7 Å². The van der Waals surface area contributed by atoms with E-state index in [9.17, 15) is 9.59 Å². The molecule has 1 N–H and O–H groups in total. The fourth-order valence-electron chi connectivity index (χ4n) is 5.07. The number of carbonyl (C=O) groups excluding carboxylic acids is 2. The second-order valence-corrected chi connectivity index (χ2v) is 10.6. The van der Waals surface area contributed by atoms with Gasteiger partial charge in [-0.15, -0.1) is 0 Å². The van der Waals surface area contributed by atoms with Crippen molar-refractivity contribution in [3.63, 3.8) is 0 Å². The molecule has 1 saturated heterocycles. The lowest BCUT2D eigenvalue weighted by atomic mass is 9.89. The molecule has 3 aromatic rings. The highest BCUT2D eigenvalue weighted by atomic mass is 16.5. The zero-order valence-electron chi connectivity index (χ0n) is 23.5. The van der Waals surface area contributed by atoms with E-state index in [0.29, 0.717) is 17.2 Å². The summed E-state index contributed by atoms with van der Waals surface area (Å²) in [5.74, 6) is 1.90. The monoisotopic (exact) mass is 528 g/mol. The van der Waals surface area contributed by atoms with E-state index in [1.165, 1.54) is 5.56 Å². The average Bonchev–Trinajstić information content (AvgIpc) is 2.96. The largest absolute Gasteiger partial charge is 0.497 e. The van der Waals surface area contributed by atoms with Gasteiger partial charge >= 0.3 is 0 Å². The van der Waals surface area contributed by atoms with Crippen molar-refractivity contribution >= 4 is 17.4 Å². The van der Waals surface area contributed by atoms with Gasteiger partial charge in [-0.25, -0.2) is 0 Å². The maximum absolute atomic E-state index is 12.2. The second kappa shape index (κ2) is 13.4. The first-order valence-electron chi connectivity index (χ1n) is 13.9. The lowest BCUT2D eigenvalue weighted by Crippen LogP contribution is -2.34. The molecule has 6 heteroatoms. The van der Waals surface area contributed by atoms with E-state index in [4.69, 9.17) is 9.47 Å². The van der Waals surface area contributed by atoms with Crippen molar-refractivity contribution in [3.8, 4) is 11.5 Å². The summed E-state index contributed by atoms with van der Waals surface area (Å²) in [5.41, 5.74) is 3.82. The Morgan fingerprint density at radius 2 is 1.69 bits per heavy atom. The van der Waals surface area contributed by atoms with Crippen molar-refractivity contribution in [3.05, 3.63) is 89.5 Å². The number of piperidine rings is 1. The van der Waals surface area contributed by atoms with Gasteiger partial charge in [0, 0.05) is 24.6 Å². The van der Waals surface area contributed by atoms with Gasteiger partial charge in [0.2, 0.25) is 5.91 Å². The summed E-state index contributed by atoms with van der Waals surface area (Å²) in [6.07, 6.45) is 2.77. The molecule has 0 aromatic heterocycles. The molecule has 0 bridgehead atoms.